The average Bonchev–Trinajstić information content (AvgIpc) is 3.62. The van der Waals surface area contributed by atoms with Crippen LogP contribution in [0.1, 0.15) is 50.4 Å². The molecule has 16 heteroatoms. The molecule has 2 amide bonds. The lowest BCUT2D eigenvalue weighted by Crippen LogP contribution is -2.20. The number of hydrogen-bond acceptors (Lipinski definition) is 8. The molecule has 0 spiro atoms. The molecule has 242 valence electrons. The minimum atomic E-state index is -0.773. The largest absolute Gasteiger partial charge is 0.306 e. The molecule has 14 nitrogen and oxygen atoms in total. The summed E-state index contributed by atoms with van der Waals surface area (Å²) in [5.41, 5.74) is 0.0288. The lowest BCUT2D eigenvalue weighted by molar-refractivity contribution is 0.101. The van der Waals surface area contributed by atoms with Gasteiger partial charge in [-0.15, -0.1) is 0 Å². The third-order valence-electron chi connectivity index (χ3n) is 7.00. The maximum atomic E-state index is 14.4. The Labute approximate surface area is 269 Å². The van der Waals surface area contributed by atoms with E-state index >= 15 is 0 Å². The van der Waals surface area contributed by atoms with Crippen LogP contribution in [-0.2, 0) is 12.8 Å². The highest BCUT2D eigenvalue weighted by Crippen LogP contribution is 2.20. The maximum Gasteiger partial charge on any atom is 0.259 e. The van der Waals surface area contributed by atoms with Crippen molar-refractivity contribution in [3.05, 3.63) is 139 Å². The normalized spacial score (nSPS) is 11.0. The zero-order valence-electron chi connectivity index (χ0n) is 25.4. The first kappa shape index (κ1) is 31.4. The number of aromatic nitrogens is 8. The highest BCUT2D eigenvalue weighted by Gasteiger charge is 2.20. The quantitative estimate of drug-likeness (QED) is 0.183. The number of carbonyl (C=O) groups excluding carboxylic acids is 2. The molecule has 4 heterocycles. The predicted octanol–water partition coefficient (Wildman–Crippen LogP) is 3.47. The van der Waals surface area contributed by atoms with Gasteiger partial charge in [0.25, 0.3) is 22.9 Å². The lowest BCUT2D eigenvalue weighted by atomic mass is 10.2. The van der Waals surface area contributed by atoms with Gasteiger partial charge in [-0.3, -0.25) is 29.1 Å². The number of H-pyrrole nitrogens is 2. The van der Waals surface area contributed by atoms with E-state index in [2.05, 4.69) is 40.8 Å². The summed E-state index contributed by atoms with van der Waals surface area (Å²) in [5, 5.41) is 14.0. The van der Waals surface area contributed by atoms with Gasteiger partial charge in [-0.2, -0.15) is 19.6 Å². The Kier molecular flexibility index (Phi) is 8.53. The fourth-order valence-electron chi connectivity index (χ4n) is 4.82. The SMILES string of the molecule is CCc1cc(=O)[nH]c(-n2nc(Cc3cc(=O)[nH]c(-n4nc(C)cc4NC(=O)c4ccccc4F)n3)cc2NC(=O)c2ccccc2F)n1. The number of hydrogen-bond donors (Lipinski definition) is 4. The average molecular weight is 653 g/mol. The molecule has 0 saturated carbocycles. The number of aromatic amines is 2. The molecule has 0 bridgehead atoms. The number of benzene rings is 2. The zero-order valence-corrected chi connectivity index (χ0v) is 25.4. The van der Waals surface area contributed by atoms with Crippen molar-refractivity contribution in [1.82, 2.24) is 39.5 Å². The van der Waals surface area contributed by atoms with Gasteiger partial charge in [-0.25, -0.2) is 18.7 Å². The van der Waals surface area contributed by atoms with Crippen molar-refractivity contribution < 1.29 is 18.4 Å². The molecule has 6 aromatic rings. The van der Waals surface area contributed by atoms with E-state index in [1.165, 1.54) is 70.0 Å². The van der Waals surface area contributed by atoms with Gasteiger partial charge in [0.15, 0.2) is 0 Å². The molecule has 0 aliphatic rings. The van der Waals surface area contributed by atoms with Gasteiger partial charge in [0.1, 0.15) is 23.3 Å². The van der Waals surface area contributed by atoms with E-state index < -0.39 is 34.6 Å². The monoisotopic (exact) mass is 652 g/mol. The number of halogens is 2. The Hall–Kier alpha value is -6.58. The van der Waals surface area contributed by atoms with Crippen molar-refractivity contribution in [1.29, 1.82) is 0 Å². The number of nitrogens with one attached hydrogen (secondary N) is 4. The first-order valence-corrected chi connectivity index (χ1v) is 14.6. The van der Waals surface area contributed by atoms with Crippen LogP contribution in [0.2, 0.25) is 0 Å². The predicted molar refractivity (Wildman–Crippen MR) is 170 cm³/mol. The van der Waals surface area contributed by atoms with Crippen molar-refractivity contribution in [2.75, 3.05) is 10.6 Å². The van der Waals surface area contributed by atoms with Crippen molar-refractivity contribution in [3.63, 3.8) is 0 Å². The Morgan fingerprint density at radius 2 is 1.21 bits per heavy atom. The first-order chi connectivity index (χ1) is 23.1. The Morgan fingerprint density at radius 3 is 1.77 bits per heavy atom. The summed E-state index contributed by atoms with van der Waals surface area (Å²) in [6.45, 7) is 3.47. The second-order valence-electron chi connectivity index (χ2n) is 10.5. The Morgan fingerprint density at radius 1 is 0.708 bits per heavy atom. The van der Waals surface area contributed by atoms with Crippen molar-refractivity contribution >= 4 is 23.5 Å². The van der Waals surface area contributed by atoms with Gasteiger partial charge in [-0.1, -0.05) is 31.2 Å². The second-order valence-corrected chi connectivity index (χ2v) is 10.5. The van der Waals surface area contributed by atoms with E-state index in [9.17, 15) is 28.0 Å². The minimum Gasteiger partial charge on any atom is -0.306 e. The van der Waals surface area contributed by atoms with Crippen LogP contribution in [0.4, 0.5) is 20.4 Å². The molecule has 0 radical (unpaired) electrons. The number of anilines is 2. The van der Waals surface area contributed by atoms with Gasteiger partial charge in [0.2, 0.25) is 11.9 Å². The third kappa shape index (κ3) is 6.67. The molecular weight excluding hydrogens is 626 g/mol. The molecule has 6 rings (SSSR count). The van der Waals surface area contributed by atoms with Crippen molar-refractivity contribution in [2.45, 2.75) is 26.7 Å². The number of aryl methyl sites for hydroxylation is 2. The molecule has 0 fully saturated rings. The smallest absolute Gasteiger partial charge is 0.259 e. The van der Waals surface area contributed by atoms with Crippen LogP contribution in [0.15, 0.2) is 82.4 Å². The van der Waals surface area contributed by atoms with Crippen LogP contribution in [-0.4, -0.2) is 51.3 Å². The highest BCUT2D eigenvalue weighted by molar-refractivity contribution is 6.04. The summed E-state index contributed by atoms with van der Waals surface area (Å²) < 4.78 is 31.0. The molecule has 4 aromatic heterocycles. The molecule has 0 saturated heterocycles. The molecular formula is C32H26F2N10O4. The van der Waals surface area contributed by atoms with Crippen LogP contribution < -0.4 is 21.8 Å². The number of carbonyl (C=O) groups is 2. The van der Waals surface area contributed by atoms with Crippen molar-refractivity contribution in [2.24, 2.45) is 0 Å². The van der Waals surface area contributed by atoms with Crippen LogP contribution in [0.5, 0.6) is 0 Å². The third-order valence-corrected chi connectivity index (χ3v) is 7.00. The summed E-state index contributed by atoms with van der Waals surface area (Å²) in [6.07, 6.45) is 0.387. The highest BCUT2D eigenvalue weighted by atomic mass is 19.1. The molecule has 2 aromatic carbocycles. The summed E-state index contributed by atoms with van der Waals surface area (Å²) in [7, 11) is 0. The van der Waals surface area contributed by atoms with Crippen molar-refractivity contribution in [3.8, 4) is 11.9 Å². The molecule has 0 unspecified atom stereocenters. The molecule has 0 aliphatic heterocycles. The van der Waals surface area contributed by atoms with Crippen LogP contribution in [0.3, 0.4) is 0 Å². The van der Waals surface area contributed by atoms with Crippen LogP contribution in [0, 0.1) is 18.6 Å². The minimum absolute atomic E-state index is 0.00348. The molecule has 4 N–H and O–H groups in total. The van der Waals surface area contributed by atoms with E-state index in [0.717, 1.165) is 12.1 Å². The van der Waals surface area contributed by atoms with Gasteiger partial charge in [0, 0.05) is 36.4 Å². The van der Waals surface area contributed by atoms with Crippen LogP contribution >= 0.6 is 0 Å². The number of amides is 2. The lowest BCUT2D eigenvalue weighted by Gasteiger charge is -2.09. The zero-order chi connectivity index (χ0) is 33.9. The topological polar surface area (TPSA) is 185 Å². The Bertz CT molecular complexity index is 2310. The number of rotatable bonds is 9. The molecule has 48 heavy (non-hydrogen) atoms. The summed E-state index contributed by atoms with van der Waals surface area (Å²) in [5.74, 6) is -2.84. The summed E-state index contributed by atoms with van der Waals surface area (Å²) in [6, 6.07) is 16.5. The standard InChI is InChI=1S/C32H26F2N10O4/c1-3-18-15-27(45)39-31(35-18)44-26(38-30(48)22-9-5-7-11-24(22)34)14-20(42-44)13-19-16-28(46)40-32(36-19)43-25(12-17(2)41-43)37-29(47)21-8-4-6-10-23(21)33/h4-12,14-16H,3,13H2,1-2H3,(H,37,47)(H,38,48)(H,35,39,45)(H,36,40,46). The fraction of sp³-hybridized carbons (Fsp3) is 0.125. The summed E-state index contributed by atoms with van der Waals surface area (Å²) in [4.78, 5) is 65.1. The fourth-order valence-corrected chi connectivity index (χ4v) is 4.82. The van der Waals surface area contributed by atoms with E-state index in [-0.39, 0.29) is 52.5 Å². The van der Waals surface area contributed by atoms with Crippen LogP contribution in [0.25, 0.3) is 11.9 Å². The number of nitrogens with zero attached hydrogens (tertiary/aromatic N) is 6. The van der Waals surface area contributed by atoms with Gasteiger partial charge >= 0.3 is 0 Å². The molecule has 0 aliphatic carbocycles. The van der Waals surface area contributed by atoms with E-state index in [1.54, 1.807) is 6.92 Å². The van der Waals surface area contributed by atoms with Gasteiger partial charge < -0.3 is 10.6 Å². The van der Waals surface area contributed by atoms with Gasteiger partial charge in [0.05, 0.1) is 28.2 Å². The van der Waals surface area contributed by atoms with E-state index in [4.69, 9.17) is 0 Å². The summed E-state index contributed by atoms with van der Waals surface area (Å²) >= 11 is 0. The Balaban J connectivity index is 1.35. The second kappa shape index (κ2) is 13.0. The van der Waals surface area contributed by atoms with Gasteiger partial charge in [-0.05, 0) is 37.6 Å². The first-order valence-electron chi connectivity index (χ1n) is 14.6. The maximum absolute atomic E-state index is 14.4. The van der Waals surface area contributed by atoms with E-state index in [0.29, 0.717) is 17.8 Å². The van der Waals surface area contributed by atoms with E-state index in [1.807, 2.05) is 6.92 Å². The molecule has 0 atom stereocenters.